The Morgan fingerprint density at radius 3 is 2.35 bits per heavy atom. The molecule has 0 N–H and O–H groups in total. The molecule has 1 aromatic rings. The lowest BCUT2D eigenvalue weighted by molar-refractivity contribution is -0.275. The van der Waals surface area contributed by atoms with Gasteiger partial charge in [-0.2, -0.15) is 0 Å². The van der Waals surface area contributed by atoms with E-state index >= 15 is 0 Å². The molecule has 2 saturated carbocycles. The van der Waals surface area contributed by atoms with Crippen molar-refractivity contribution < 1.29 is 27.4 Å². The van der Waals surface area contributed by atoms with Crippen LogP contribution in [0.3, 0.4) is 0 Å². The molecule has 23 heavy (non-hydrogen) atoms. The summed E-state index contributed by atoms with van der Waals surface area (Å²) >= 11 is 0. The topological polar surface area (TPSA) is 27.7 Å². The van der Waals surface area contributed by atoms with E-state index in [0.29, 0.717) is 23.8 Å². The molecule has 0 aliphatic heterocycles. The van der Waals surface area contributed by atoms with Crippen molar-refractivity contribution in [2.24, 2.45) is 5.92 Å². The van der Waals surface area contributed by atoms with Gasteiger partial charge in [-0.25, -0.2) is 0 Å². The third-order valence-electron chi connectivity index (χ3n) is 4.36. The van der Waals surface area contributed by atoms with E-state index in [9.17, 15) is 13.2 Å². The molecule has 2 fully saturated rings. The fourth-order valence-corrected chi connectivity index (χ4v) is 2.62. The van der Waals surface area contributed by atoms with Crippen LogP contribution in [0.4, 0.5) is 13.2 Å². The standard InChI is InChI=1S/C17H21F3O3/c1-11-14(22-13-5-6-13)7-8-15(16(11)23-17(18,19)20)21-10-9-12-3-2-4-12/h7-8,12-13H,2-6,9-10H2,1H3. The van der Waals surface area contributed by atoms with Gasteiger partial charge >= 0.3 is 6.36 Å². The number of ether oxygens (including phenoxy) is 3. The quantitative estimate of drug-likeness (QED) is 0.704. The molecular weight excluding hydrogens is 309 g/mol. The van der Waals surface area contributed by atoms with Crippen LogP contribution in [0.1, 0.15) is 44.1 Å². The van der Waals surface area contributed by atoms with Gasteiger partial charge in [-0.15, -0.1) is 13.2 Å². The van der Waals surface area contributed by atoms with E-state index in [1.54, 1.807) is 13.0 Å². The molecule has 0 unspecified atom stereocenters. The Balaban J connectivity index is 1.73. The molecule has 1 aromatic carbocycles. The largest absolute Gasteiger partial charge is 0.573 e. The molecule has 0 bridgehead atoms. The summed E-state index contributed by atoms with van der Waals surface area (Å²) in [4.78, 5) is 0. The van der Waals surface area contributed by atoms with Gasteiger partial charge in [0.15, 0.2) is 11.5 Å². The summed E-state index contributed by atoms with van der Waals surface area (Å²) < 4.78 is 53.5. The van der Waals surface area contributed by atoms with Crippen LogP contribution in [0.5, 0.6) is 17.2 Å². The lowest BCUT2D eigenvalue weighted by Crippen LogP contribution is -2.19. The Labute approximate surface area is 133 Å². The van der Waals surface area contributed by atoms with Gasteiger partial charge < -0.3 is 14.2 Å². The highest BCUT2D eigenvalue weighted by Crippen LogP contribution is 2.42. The second-order valence-corrected chi connectivity index (χ2v) is 6.32. The molecule has 0 amide bonds. The van der Waals surface area contributed by atoms with Crippen LogP contribution < -0.4 is 14.2 Å². The molecule has 0 aromatic heterocycles. The summed E-state index contributed by atoms with van der Waals surface area (Å²) in [5.41, 5.74) is 0.329. The average molecular weight is 330 g/mol. The van der Waals surface area contributed by atoms with E-state index < -0.39 is 6.36 Å². The number of halogens is 3. The maximum absolute atomic E-state index is 12.7. The second kappa shape index (κ2) is 6.49. The van der Waals surface area contributed by atoms with Gasteiger partial charge in [-0.3, -0.25) is 0 Å². The summed E-state index contributed by atoms with van der Waals surface area (Å²) in [6.45, 7) is 1.97. The van der Waals surface area contributed by atoms with E-state index in [2.05, 4.69) is 4.74 Å². The highest BCUT2D eigenvalue weighted by molar-refractivity contribution is 5.53. The number of rotatable bonds is 7. The van der Waals surface area contributed by atoms with Gasteiger partial charge in [0.25, 0.3) is 0 Å². The lowest BCUT2D eigenvalue weighted by atomic mass is 9.83. The highest BCUT2D eigenvalue weighted by atomic mass is 19.4. The zero-order chi connectivity index (χ0) is 16.4. The molecule has 0 atom stereocenters. The van der Waals surface area contributed by atoms with Gasteiger partial charge in [0, 0.05) is 5.56 Å². The second-order valence-electron chi connectivity index (χ2n) is 6.32. The first kappa shape index (κ1) is 16.3. The molecule has 6 heteroatoms. The normalized spacial score (nSPS) is 18.4. The predicted molar refractivity (Wildman–Crippen MR) is 79.0 cm³/mol. The van der Waals surface area contributed by atoms with Gasteiger partial charge in [0.2, 0.25) is 0 Å². The molecular formula is C17H21F3O3. The van der Waals surface area contributed by atoms with E-state index in [0.717, 1.165) is 19.3 Å². The summed E-state index contributed by atoms with van der Waals surface area (Å²) in [6.07, 6.45) is 1.70. The fraction of sp³-hybridized carbons (Fsp3) is 0.647. The van der Waals surface area contributed by atoms with Crippen molar-refractivity contribution in [2.75, 3.05) is 6.61 Å². The Hall–Kier alpha value is -1.59. The summed E-state index contributed by atoms with van der Waals surface area (Å²) in [7, 11) is 0. The highest BCUT2D eigenvalue weighted by Gasteiger charge is 2.34. The fourth-order valence-electron chi connectivity index (χ4n) is 2.62. The zero-order valence-electron chi connectivity index (χ0n) is 13.1. The van der Waals surface area contributed by atoms with Crippen molar-refractivity contribution in [3.05, 3.63) is 17.7 Å². The van der Waals surface area contributed by atoms with Crippen molar-refractivity contribution in [1.29, 1.82) is 0 Å². The Bertz CT molecular complexity index is 549. The van der Waals surface area contributed by atoms with Gasteiger partial charge in [-0.05, 0) is 44.2 Å². The van der Waals surface area contributed by atoms with Crippen LogP contribution in [0.2, 0.25) is 0 Å². The first-order chi connectivity index (χ1) is 10.9. The monoisotopic (exact) mass is 330 g/mol. The molecule has 2 aliphatic carbocycles. The smallest absolute Gasteiger partial charge is 0.490 e. The van der Waals surface area contributed by atoms with Crippen molar-refractivity contribution in [3.8, 4) is 17.2 Å². The Morgan fingerprint density at radius 1 is 1.09 bits per heavy atom. The number of benzene rings is 1. The average Bonchev–Trinajstić information content (AvgIpc) is 3.22. The van der Waals surface area contributed by atoms with E-state index in [1.807, 2.05) is 0 Å². The molecule has 3 rings (SSSR count). The molecule has 0 saturated heterocycles. The van der Waals surface area contributed by atoms with E-state index in [4.69, 9.17) is 9.47 Å². The third kappa shape index (κ3) is 4.45. The zero-order valence-corrected chi connectivity index (χ0v) is 13.1. The maximum atomic E-state index is 12.7. The number of hydrogen-bond donors (Lipinski definition) is 0. The molecule has 2 aliphatic rings. The minimum Gasteiger partial charge on any atom is -0.490 e. The van der Waals surface area contributed by atoms with Crippen LogP contribution in [0, 0.1) is 12.8 Å². The SMILES string of the molecule is Cc1c(OC2CC2)ccc(OCCC2CCC2)c1OC(F)(F)F. The minimum atomic E-state index is -4.75. The van der Waals surface area contributed by atoms with E-state index in [1.165, 1.54) is 25.3 Å². The van der Waals surface area contributed by atoms with Crippen LogP contribution in [-0.4, -0.2) is 19.1 Å². The van der Waals surface area contributed by atoms with Crippen molar-refractivity contribution in [3.63, 3.8) is 0 Å². The van der Waals surface area contributed by atoms with Gasteiger partial charge in [0.1, 0.15) is 5.75 Å². The van der Waals surface area contributed by atoms with Gasteiger partial charge in [-0.1, -0.05) is 19.3 Å². The lowest BCUT2D eigenvalue weighted by Gasteiger charge is -2.25. The van der Waals surface area contributed by atoms with Crippen molar-refractivity contribution in [2.45, 2.75) is 57.9 Å². The van der Waals surface area contributed by atoms with Crippen molar-refractivity contribution >= 4 is 0 Å². The number of alkyl halides is 3. The summed E-state index contributed by atoms with van der Waals surface area (Å²) in [5.74, 6) is 0.908. The Morgan fingerprint density at radius 2 is 1.78 bits per heavy atom. The Kier molecular flexibility index (Phi) is 4.60. The molecule has 0 heterocycles. The molecule has 0 spiro atoms. The van der Waals surface area contributed by atoms with Crippen LogP contribution >= 0.6 is 0 Å². The maximum Gasteiger partial charge on any atom is 0.573 e. The minimum absolute atomic E-state index is 0.109. The predicted octanol–water partition coefficient (Wildman–Crippen LogP) is 5.00. The van der Waals surface area contributed by atoms with Crippen molar-refractivity contribution in [1.82, 2.24) is 0 Å². The van der Waals surface area contributed by atoms with E-state index in [-0.39, 0.29) is 17.6 Å². The first-order valence-corrected chi connectivity index (χ1v) is 8.11. The molecule has 0 radical (unpaired) electrons. The first-order valence-electron chi connectivity index (χ1n) is 8.11. The molecule has 3 nitrogen and oxygen atoms in total. The van der Waals surface area contributed by atoms with Gasteiger partial charge in [0.05, 0.1) is 12.7 Å². The summed E-state index contributed by atoms with van der Waals surface area (Å²) in [6, 6.07) is 3.17. The third-order valence-corrected chi connectivity index (χ3v) is 4.36. The molecule has 128 valence electrons. The van der Waals surface area contributed by atoms with Crippen LogP contribution in [0.15, 0.2) is 12.1 Å². The van der Waals surface area contributed by atoms with Crippen LogP contribution in [0.25, 0.3) is 0 Å². The number of hydrogen-bond acceptors (Lipinski definition) is 3. The summed E-state index contributed by atoms with van der Waals surface area (Å²) in [5, 5.41) is 0. The van der Waals surface area contributed by atoms with Crippen LogP contribution in [-0.2, 0) is 0 Å².